The Bertz CT molecular complexity index is 677. The Morgan fingerprint density at radius 1 is 0.581 bits per heavy atom. The minimum Gasteiger partial charge on any atom is -0.367 e. The maximum atomic E-state index is 5.68. The highest BCUT2D eigenvalue weighted by molar-refractivity contribution is 5.08. The van der Waals surface area contributed by atoms with E-state index in [9.17, 15) is 0 Å². The number of unbranched alkanes of at least 4 members (excludes halogenated alkanes) is 1. The van der Waals surface area contributed by atoms with Crippen LogP contribution in [0.25, 0.3) is 0 Å². The number of hydrogen-bond donors (Lipinski definition) is 0. The fraction of sp³-hybridized carbons (Fsp3) is 0.667. The average Bonchev–Trinajstić information content (AvgIpc) is 3.30. The van der Waals surface area contributed by atoms with E-state index < -0.39 is 0 Å². The first kappa shape index (κ1) is 27.7. The molecule has 31 heavy (non-hydrogen) atoms. The Balaban J connectivity index is 2.15. The lowest BCUT2D eigenvalue weighted by molar-refractivity contribution is 0.320. The molecule has 1 nitrogen and oxygen atoms in total. The third-order valence-corrected chi connectivity index (χ3v) is 6.27. The molecule has 1 fully saturated rings. The lowest BCUT2D eigenvalue weighted by atomic mass is 10.0. The minimum atomic E-state index is 0.132. The van der Waals surface area contributed by atoms with Crippen LogP contribution in [0.3, 0.4) is 0 Å². The van der Waals surface area contributed by atoms with Crippen LogP contribution in [0, 0.1) is 0 Å². The maximum absolute atomic E-state index is 5.68. The Labute approximate surface area is 194 Å². The van der Waals surface area contributed by atoms with Crippen LogP contribution in [-0.2, 0) is 4.74 Å². The molecule has 1 aliphatic rings. The van der Waals surface area contributed by atoms with Crippen molar-refractivity contribution in [3.8, 4) is 0 Å². The van der Waals surface area contributed by atoms with E-state index in [0.29, 0.717) is 6.10 Å². The van der Waals surface area contributed by atoms with Gasteiger partial charge in [-0.25, -0.2) is 0 Å². The molecule has 0 aromatic heterocycles. The van der Waals surface area contributed by atoms with Crippen molar-refractivity contribution in [3.05, 3.63) is 58.2 Å². The molecule has 1 saturated heterocycles. The first-order chi connectivity index (χ1) is 14.6. The summed E-state index contributed by atoms with van der Waals surface area (Å²) < 4.78 is 5.68. The highest BCUT2D eigenvalue weighted by Crippen LogP contribution is 2.38. The van der Waals surface area contributed by atoms with Gasteiger partial charge in [-0.15, -0.1) is 0 Å². The molecular weight excluding hydrogens is 376 g/mol. The Hall–Kier alpha value is -1.34. The summed E-state index contributed by atoms with van der Waals surface area (Å²) >= 11 is 0. The molecule has 0 bridgehead atoms. The van der Waals surface area contributed by atoms with Gasteiger partial charge in [0.1, 0.15) is 0 Å². The summed E-state index contributed by atoms with van der Waals surface area (Å²) in [6, 6.07) is 0. The van der Waals surface area contributed by atoms with E-state index in [1.54, 1.807) is 0 Å². The minimum absolute atomic E-state index is 0.132. The zero-order valence-electron chi connectivity index (χ0n) is 21.9. The van der Waals surface area contributed by atoms with E-state index in [-0.39, 0.29) is 5.60 Å². The van der Waals surface area contributed by atoms with Gasteiger partial charge in [-0.3, -0.25) is 0 Å². The fourth-order valence-electron chi connectivity index (χ4n) is 3.85. The molecule has 1 unspecified atom stereocenters. The smallest absolute Gasteiger partial charge is 0.0892 e. The van der Waals surface area contributed by atoms with E-state index >= 15 is 0 Å². The zero-order chi connectivity index (χ0) is 23.3. The molecule has 0 spiro atoms. The standard InChI is InChI=1S/C30H50O/c1-24(2)14-11-17-27(5)20-12-18-25(3)15-9-10-16-26(4)19-13-21-28(6)22-23-29-30(7,8)31-29/h14-16,20-21,29H,9-13,17-19,22-23H2,1-8H3/b25-15+,26-16?,27-20-,28-21?. The molecule has 1 heterocycles. The highest BCUT2D eigenvalue weighted by atomic mass is 16.6. The van der Waals surface area contributed by atoms with Crippen LogP contribution in [-0.4, -0.2) is 11.7 Å². The largest absolute Gasteiger partial charge is 0.367 e. The third-order valence-electron chi connectivity index (χ3n) is 6.27. The van der Waals surface area contributed by atoms with Crippen LogP contribution in [0.1, 0.15) is 120 Å². The molecule has 176 valence electrons. The number of hydrogen-bond acceptors (Lipinski definition) is 1. The van der Waals surface area contributed by atoms with E-state index in [2.05, 4.69) is 85.8 Å². The molecule has 0 aromatic carbocycles. The molecule has 1 aliphatic heterocycles. The summed E-state index contributed by atoms with van der Waals surface area (Å²) in [6.45, 7) is 17.8. The molecular formula is C30H50O. The molecule has 0 amide bonds. The second-order valence-corrected chi connectivity index (χ2v) is 10.4. The predicted molar refractivity (Wildman–Crippen MR) is 140 cm³/mol. The summed E-state index contributed by atoms with van der Waals surface area (Å²) in [7, 11) is 0. The van der Waals surface area contributed by atoms with Gasteiger partial charge in [0, 0.05) is 0 Å². The van der Waals surface area contributed by atoms with Crippen LogP contribution in [0.2, 0.25) is 0 Å². The first-order valence-electron chi connectivity index (χ1n) is 12.5. The van der Waals surface area contributed by atoms with Gasteiger partial charge in [0.25, 0.3) is 0 Å². The van der Waals surface area contributed by atoms with Crippen molar-refractivity contribution in [2.24, 2.45) is 0 Å². The SMILES string of the molecule is CC(C)=CCC/C(C)=C\CC/C(C)=C/CCC=C(C)CCC=C(C)CCC1OC1(C)C. The molecule has 1 atom stereocenters. The maximum Gasteiger partial charge on any atom is 0.0892 e. The lowest BCUT2D eigenvalue weighted by Crippen LogP contribution is -2.02. The molecule has 1 heteroatoms. The van der Waals surface area contributed by atoms with Crippen LogP contribution >= 0.6 is 0 Å². The van der Waals surface area contributed by atoms with Crippen molar-refractivity contribution in [2.75, 3.05) is 0 Å². The monoisotopic (exact) mass is 426 g/mol. The van der Waals surface area contributed by atoms with E-state index in [0.717, 1.165) is 12.8 Å². The van der Waals surface area contributed by atoms with Gasteiger partial charge in [0.05, 0.1) is 11.7 Å². The molecule has 0 aliphatic carbocycles. The number of ether oxygens (including phenoxy) is 1. The summed E-state index contributed by atoms with van der Waals surface area (Å²) in [5.74, 6) is 0. The Morgan fingerprint density at radius 3 is 1.32 bits per heavy atom. The second kappa shape index (κ2) is 14.7. The summed E-state index contributed by atoms with van der Waals surface area (Å²) in [4.78, 5) is 0. The molecule has 0 N–H and O–H groups in total. The molecule has 0 aromatic rings. The summed E-state index contributed by atoms with van der Waals surface area (Å²) in [5, 5.41) is 0. The van der Waals surface area contributed by atoms with Gasteiger partial charge in [0.15, 0.2) is 0 Å². The number of epoxide rings is 1. The normalized spacial score (nSPS) is 19.5. The number of allylic oxidation sites excluding steroid dienone is 10. The van der Waals surface area contributed by atoms with Crippen LogP contribution in [0.5, 0.6) is 0 Å². The second-order valence-electron chi connectivity index (χ2n) is 10.4. The van der Waals surface area contributed by atoms with Crippen molar-refractivity contribution in [1.82, 2.24) is 0 Å². The van der Waals surface area contributed by atoms with Gasteiger partial charge < -0.3 is 4.74 Å². The average molecular weight is 427 g/mol. The topological polar surface area (TPSA) is 12.5 Å². The highest BCUT2D eigenvalue weighted by Gasteiger charge is 2.46. The van der Waals surface area contributed by atoms with Gasteiger partial charge >= 0.3 is 0 Å². The van der Waals surface area contributed by atoms with Crippen molar-refractivity contribution in [3.63, 3.8) is 0 Å². The van der Waals surface area contributed by atoms with Gasteiger partial charge in [-0.2, -0.15) is 0 Å². The molecule has 1 rings (SSSR count). The first-order valence-corrected chi connectivity index (χ1v) is 12.5. The van der Waals surface area contributed by atoms with E-state index in [1.165, 1.54) is 79.2 Å². The van der Waals surface area contributed by atoms with E-state index in [1.807, 2.05) is 0 Å². The van der Waals surface area contributed by atoms with E-state index in [4.69, 9.17) is 4.74 Å². The van der Waals surface area contributed by atoms with Crippen molar-refractivity contribution < 1.29 is 4.74 Å². The van der Waals surface area contributed by atoms with Crippen LogP contribution in [0.4, 0.5) is 0 Å². The molecule has 0 radical (unpaired) electrons. The lowest BCUT2D eigenvalue weighted by Gasteiger charge is -2.03. The quantitative estimate of drug-likeness (QED) is 0.144. The number of rotatable bonds is 15. The fourth-order valence-corrected chi connectivity index (χ4v) is 3.85. The van der Waals surface area contributed by atoms with Crippen LogP contribution < -0.4 is 0 Å². The van der Waals surface area contributed by atoms with Crippen molar-refractivity contribution in [2.45, 2.75) is 131 Å². The van der Waals surface area contributed by atoms with Gasteiger partial charge in [0.2, 0.25) is 0 Å². The molecule has 0 saturated carbocycles. The summed E-state index contributed by atoms with van der Waals surface area (Å²) in [6.07, 6.45) is 24.3. The van der Waals surface area contributed by atoms with Crippen molar-refractivity contribution in [1.29, 1.82) is 0 Å². The van der Waals surface area contributed by atoms with Crippen LogP contribution in [0.15, 0.2) is 58.2 Å². The van der Waals surface area contributed by atoms with Crippen molar-refractivity contribution >= 4 is 0 Å². The van der Waals surface area contributed by atoms with Gasteiger partial charge in [-0.05, 0) is 120 Å². The summed E-state index contributed by atoms with van der Waals surface area (Å²) in [5.41, 5.74) is 7.65. The predicted octanol–water partition coefficient (Wildman–Crippen LogP) is 9.82. The zero-order valence-corrected chi connectivity index (χ0v) is 21.9. The third kappa shape index (κ3) is 14.4. The Morgan fingerprint density at radius 2 is 0.935 bits per heavy atom. The van der Waals surface area contributed by atoms with Gasteiger partial charge in [-0.1, -0.05) is 58.2 Å². The Kier molecular flexibility index (Phi) is 13.1.